The van der Waals surface area contributed by atoms with Crippen LogP contribution in [0, 0.1) is 0 Å². The second-order valence-electron chi connectivity index (χ2n) is 2.87. The van der Waals surface area contributed by atoms with E-state index in [-0.39, 0.29) is 20.3 Å². The van der Waals surface area contributed by atoms with Crippen molar-refractivity contribution in [3.8, 4) is 0 Å². The summed E-state index contributed by atoms with van der Waals surface area (Å²) in [5.41, 5.74) is -0.547. The molecule has 0 aliphatic heterocycles. The maximum atomic E-state index is 2.43. The van der Waals surface area contributed by atoms with E-state index >= 15 is 0 Å². The molecule has 0 aliphatic carbocycles. The van der Waals surface area contributed by atoms with Crippen LogP contribution in [0.25, 0.3) is 0 Å². The van der Waals surface area contributed by atoms with Crippen molar-refractivity contribution >= 4 is 25.9 Å². The molecule has 0 aromatic rings. The van der Waals surface area contributed by atoms with Crippen molar-refractivity contribution < 1.29 is 0 Å². The van der Waals surface area contributed by atoms with Crippen molar-refractivity contribution in [1.29, 1.82) is 0 Å². The fourth-order valence-electron chi connectivity index (χ4n) is 1.50. The van der Waals surface area contributed by atoms with Crippen molar-refractivity contribution in [2.24, 2.45) is 0 Å². The zero-order valence-corrected chi connectivity index (χ0v) is 11.7. The van der Waals surface area contributed by atoms with E-state index in [2.05, 4.69) is 27.7 Å². The van der Waals surface area contributed by atoms with Gasteiger partial charge in [0.2, 0.25) is 0 Å². The van der Waals surface area contributed by atoms with Gasteiger partial charge in [-0.3, -0.25) is 0 Å². The third-order valence-corrected chi connectivity index (χ3v) is 26.3. The SMILES string of the molecule is C[CH2][Sn][Si](CC)(CC)CC. The first-order valence-corrected chi connectivity index (χ1v) is 13.4. The van der Waals surface area contributed by atoms with E-state index in [9.17, 15) is 0 Å². The van der Waals surface area contributed by atoms with E-state index < -0.39 is 5.58 Å². The summed E-state index contributed by atoms with van der Waals surface area (Å²) in [6, 6.07) is 4.71. The fourth-order valence-corrected chi connectivity index (χ4v) is 17.3. The van der Waals surface area contributed by atoms with Crippen molar-refractivity contribution in [3.63, 3.8) is 0 Å². The molecule has 0 rings (SSSR count). The van der Waals surface area contributed by atoms with Gasteiger partial charge in [-0.15, -0.1) is 0 Å². The zero-order valence-electron chi connectivity index (χ0n) is 7.83. The summed E-state index contributed by atoms with van der Waals surface area (Å²) < 4.78 is 1.57. The van der Waals surface area contributed by atoms with Crippen LogP contribution in [0.15, 0.2) is 0 Å². The van der Waals surface area contributed by atoms with Crippen molar-refractivity contribution in [3.05, 3.63) is 0 Å². The standard InChI is InChI=1S/C6H15Si.C2H5.Sn/c1-4-7(5-2)6-3;1-2;/h4-6H2,1-3H3;1H2,2H3;. The van der Waals surface area contributed by atoms with Gasteiger partial charge >= 0.3 is 76.2 Å². The van der Waals surface area contributed by atoms with Gasteiger partial charge in [-0.05, 0) is 0 Å². The van der Waals surface area contributed by atoms with Crippen molar-refractivity contribution in [1.82, 2.24) is 0 Å². The molecule has 0 fully saturated rings. The van der Waals surface area contributed by atoms with Crippen molar-refractivity contribution in [2.75, 3.05) is 0 Å². The molecule has 60 valence electrons. The van der Waals surface area contributed by atoms with E-state index in [0.717, 1.165) is 0 Å². The summed E-state index contributed by atoms with van der Waals surface area (Å²) in [6.07, 6.45) is 0. The Hall–Kier alpha value is 1.02. The Labute approximate surface area is 76.1 Å². The molecule has 2 radical (unpaired) electrons. The van der Waals surface area contributed by atoms with Gasteiger partial charge < -0.3 is 0 Å². The Balaban J connectivity index is 3.87. The van der Waals surface area contributed by atoms with Crippen LogP contribution in [0.3, 0.4) is 0 Å². The molecule has 0 spiro atoms. The van der Waals surface area contributed by atoms with Crippen LogP contribution in [0.5, 0.6) is 0 Å². The summed E-state index contributed by atoms with van der Waals surface area (Å²) >= 11 is 0.102. The minimum absolute atomic E-state index is 0.102. The third-order valence-electron chi connectivity index (χ3n) is 2.58. The average Bonchev–Trinajstić information content (AvgIpc) is 2.01. The minimum atomic E-state index is -0.547. The van der Waals surface area contributed by atoms with Crippen LogP contribution in [0.4, 0.5) is 0 Å². The summed E-state index contributed by atoms with van der Waals surface area (Å²) in [5, 5.41) is 0. The first kappa shape index (κ1) is 11.0. The molecule has 0 amide bonds. The van der Waals surface area contributed by atoms with E-state index in [0.29, 0.717) is 0 Å². The topological polar surface area (TPSA) is 0 Å². The maximum absolute atomic E-state index is 2.43. The normalized spacial score (nSPS) is 12.0. The van der Waals surface area contributed by atoms with Gasteiger partial charge in [0.15, 0.2) is 0 Å². The van der Waals surface area contributed by atoms with Crippen LogP contribution in [-0.2, 0) is 0 Å². The molecule has 0 aromatic carbocycles. The molecule has 0 bridgehead atoms. The Bertz CT molecular complexity index is 71.1. The van der Waals surface area contributed by atoms with Gasteiger partial charge in [0.25, 0.3) is 0 Å². The third kappa shape index (κ3) is 2.95. The molecule has 0 N–H and O–H groups in total. The molecule has 0 saturated carbocycles. The molecule has 10 heavy (non-hydrogen) atoms. The van der Waals surface area contributed by atoms with Crippen LogP contribution >= 0.6 is 0 Å². The molecule has 0 aliphatic rings. The Kier molecular flexibility index (Phi) is 6.21. The Morgan fingerprint density at radius 1 is 0.900 bits per heavy atom. The van der Waals surface area contributed by atoms with Gasteiger partial charge in [-0.1, -0.05) is 0 Å². The molecular weight excluding hydrogens is 243 g/mol. The van der Waals surface area contributed by atoms with Crippen LogP contribution in [0.1, 0.15) is 27.7 Å². The number of hydrogen-bond acceptors (Lipinski definition) is 0. The quantitative estimate of drug-likeness (QED) is 0.668. The predicted octanol–water partition coefficient (Wildman–Crippen LogP) is 3.13. The molecular formula is C8H20SiSn. The molecule has 2 heteroatoms. The van der Waals surface area contributed by atoms with Gasteiger partial charge in [0.05, 0.1) is 0 Å². The summed E-state index contributed by atoms with van der Waals surface area (Å²) in [7, 11) is 0. The van der Waals surface area contributed by atoms with Crippen LogP contribution < -0.4 is 0 Å². The molecule has 0 nitrogen and oxygen atoms in total. The summed E-state index contributed by atoms with van der Waals surface area (Å²) in [6.45, 7) is 9.68. The number of hydrogen-bond donors (Lipinski definition) is 0. The Morgan fingerprint density at radius 2 is 1.30 bits per heavy atom. The van der Waals surface area contributed by atoms with Crippen LogP contribution in [-0.4, -0.2) is 25.9 Å². The van der Waals surface area contributed by atoms with E-state index in [1.165, 1.54) is 0 Å². The molecule has 0 atom stereocenters. The molecule has 0 saturated heterocycles. The first-order chi connectivity index (χ1) is 4.74. The van der Waals surface area contributed by atoms with Gasteiger partial charge in [0.1, 0.15) is 0 Å². The second kappa shape index (κ2) is 5.64. The first-order valence-electron chi connectivity index (χ1n) is 4.49. The fraction of sp³-hybridized carbons (Fsp3) is 1.00. The van der Waals surface area contributed by atoms with E-state index in [1.54, 1.807) is 22.6 Å². The molecule has 0 aromatic heterocycles. The van der Waals surface area contributed by atoms with Crippen molar-refractivity contribution in [2.45, 2.75) is 50.3 Å². The van der Waals surface area contributed by atoms with E-state index in [4.69, 9.17) is 0 Å². The molecule has 0 heterocycles. The summed E-state index contributed by atoms with van der Waals surface area (Å²) in [4.78, 5) is 0. The van der Waals surface area contributed by atoms with Gasteiger partial charge in [0, 0.05) is 0 Å². The van der Waals surface area contributed by atoms with Gasteiger partial charge in [-0.2, -0.15) is 0 Å². The monoisotopic (exact) mass is 264 g/mol. The van der Waals surface area contributed by atoms with E-state index in [1.807, 2.05) is 0 Å². The Morgan fingerprint density at radius 3 is 1.40 bits per heavy atom. The van der Waals surface area contributed by atoms with Gasteiger partial charge in [-0.25, -0.2) is 0 Å². The van der Waals surface area contributed by atoms with Crippen LogP contribution in [0.2, 0.25) is 22.6 Å². The predicted molar refractivity (Wildman–Crippen MR) is 53.4 cm³/mol. The molecule has 0 unspecified atom stereocenters. The second-order valence-corrected chi connectivity index (χ2v) is 22.0. The average molecular weight is 263 g/mol. The zero-order chi connectivity index (χ0) is 8.04. The summed E-state index contributed by atoms with van der Waals surface area (Å²) in [5.74, 6) is 0. The number of rotatable bonds is 5.